The number of piperidine rings is 1. The van der Waals surface area contributed by atoms with Crippen LogP contribution in [-0.4, -0.2) is 30.6 Å². The normalized spacial score (nSPS) is 23.8. The third kappa shape index (κ3) is 4.97. The van der Waals surface area contributed by atoms with Gasteiger partial charge in [-0.3, -0.25) is 4.90 Å². The summed E-state index contributed by atoms with van der Waals surface area (Å²) >= 11 is 0. The molecule has 1 aromatic rings. The topological polar surface area (TPSA) is 12.5 Å². The summed E-state index contributed by atoms with van der Waals surface area (Å²) < 4.78 is 6.19. The van der Waals surface area contributed by atoms with Crippen molar-refractivity contribution in [3.05, 3.63) is 29.8 Å². The van der Waals surface area contributed by atoms with Crippen LogP contribution in [-0.2, 0) is 6.42 Å². The molecule has 3 rings (SSSR count). The minimum atomic E-state index is 0.727. The van der Waals surface area contributed by atoms with E-state index in [4.69, 9.17) is 4.74 Å². The number of hydrogen-bond donors (Lipinski definition) is 0. The van der Waals surface area contributed by atoms with Crippen LogP contribution in [0, 0.1) is 5.92 Å². The molecular formula is C21H33NO. The van der Waals surface area contributed by atoms with Gasteiger partial charge in [-0.1, -0.05) is 56.7 Å². The Morgan fingerprint density at radius 3 is 2.61 bits per heavy atom. The summed E-state index contributed by atoms with van der Waals surface area (Å²) in [6.07, 6.45) is 12.4. The molecule has 0 amide bonds. The lowest BCUT2D eigenvalue weighted by molar-refractivity contribution is 0.133. The summed E-state index contributed by atoms with van der Waals surface area (Å²) in [6, 6.07) is 9.44. The van der Waals surface area contributed by atoms with Gasteiger partial charge in [0.25, 0.3) is 0 Å². The van der Waals surface area contributed by atoms with Crippen LogP contribution in [0.15, 0.2) is 24.3 Å². The molecule has 0 aromatic heterocycles. The quantitative estimate of drug-likeness (QED) is 0.727. The van der Waals surface area contributed by atoms with E-state index in [1.165, 1.54) is 69.9 Å². The highest BCUT2D eigenvalue weighted by molar-refractivity contribution is 5.33. The number of likely N-dealkylation sites (tertiary alicyclic amines) is 1. The first-order valence-electron chi connectivity index (χ1n) is 9.77. The summed E-state index contributed by atoms with van der Waals surface area (Å²) in [4.78, 5) is 2.59. The lowest BCUT2D eigenvalue weighted by Crippen LogP contribution is -2.39. The van der Waals surface area contributed by atoms with Gasteiger partial charge in [0.05, 0.1) is 0 Å². The first-order chi connectivity index (χ1) is 11.3. The van der Waals surface area contributed by atoms with Crippen molar-refractivity contribution in [3.63, 3.8) is 0 Å². The molecule has 1 saturated heterocycles. The van der Waals surface area contributed by atoms with Crippen molar-refractivity contribution < 1.29 is 4.74 Å². The first-order valence-corrected chi connectivity index (χ1v) is 9.77. The molecule has 1 aromatic carbocycles. The van der Waals surface area contributed by atoms with Gasteiger partial charge in [-0.15, -0.1) is 0 Å². The number of ether oxygens (including phenoxy) is 1. The number of para-hydroxylation sites is 1. The minimum absolute atomic E-state index is 0.727. The van der Waals surface area contributed by atoms with E-state index in [0.29, 0.717) is 0 Å². The van der Waals surface area contributed by atoms with E-state index in [9.17, 15) is 0 Å². The fourth-order valence-corrected chi connectivity index (χ4v) is 4.28. The molecule has 2 nitrogen and oxygen atoms in total. The van der Waals surface area contributed by atoms with Gasteiger partial charge in [0.1, 0.15) is 12.4 Å². The van der Waals surface area contributed by atoms with Crippen LogP contribution < -0.4 is 4.74 Å². The highest BCUT2D eigenvalue weighted by atomic mass is 16.5. The van der Waals surface area contributed by atoms with Crippen LogP contribution in [0.4, 0.5) is 0 Å². The second-order valence-electron chi connectivity index (χ2n) is 7.55. The largest absolute Gasteiger partial charge is 0.492 e. The molecule has 1 heterocycles. The third-order valence-corrected chi connectivity index (χ3v) is 5.78. The zero-order chi connectivity index (χ0) is 15.9. The molecule has 1 atom stereocenters. The molecule has 0 spiro atoms. The summed E-state index contributed by atoms with van der Waals surface area (Å²) in [5.41, 5.74) is 1.42. The molecule has 0 N–H and O–H groups in total. The van der Waals surface area contributed by atoms with Crippen molar-refractivity contribution >= 4 is 0 Å². The molecule has 0 radical (unpaired) electrons. The third-order valence-electron chi connectivity index (χ3n) is 5.78. The van der Waals surface area contributed by atoms with E-state index in [1.54, 1.807) is 0 Å². The zero-order valence-electron chi connectivity index (χ0n) is 14.8. The van der Waals surface area contributed by atoms with Crippen molar-refractivity contribution in [1.29, 1.82) is 0 Å². The maximum absolute atomic E-state index is 6.19. The zero-order valence-corrected chi connectivity index (χ0v) is 14.8. The van der Waals surface area contributed by atoms with Crippen molar-refractivity contribution in [2.45, 2.75) is 70.8 Å². The van der Waals surface area contributed by atoms with Crippen molar-refractivity contribution in [2.75, 3.05) is 19.7 Å². The Labute approximate surface area is 142 Å². The molecule has 1 saturated carbocycles. The fourth-order valence-electron chi connectivity index (χ4n) is 4.28. The molecular weight excluding hydrogens is 282 g/mol. The average molecular weight is 316 g/mol. The van der Waals surface area contributed by atoms with Gasteiger partial charge >= 0.3 is 0 Å². The van der Waals surface area contributed by atoms with Gasteiger partial charge in [-0.05, 0) is 50.3 Å². The standard InChI is InChI=1S/C21H33NO/c1-18-9-7-8-14-22(18)15-16-23-21-13-6-5-12-20(21)17-19-10-3-2-4-11-19/h5-6,12-13,18-19H,2-4,7-11,14-17H2,1H3. The van der Waals surface area contributed by atoms with E-state index >= 15 is 0 Å². The summed E-state index contributed by atoms with van der Waals surface area (Å²) in [5.74, 6) is 2.00. The van der Waals surface area contributed by atoms with E-state index in [2.05, 4.69) is 36.1 Å². The summed E-state index contributed by atoms with van der Waals surface area (Å²) in [6.45, 7) is 5.50. The van der Waals surface area contributed by atoms with Crippen LogP contribution in [0.2, 0.25) is 0 Å². The van der Waals surface area contributed by atoms with Gasteiger partial charge in [-0.25, -0.2) is 0 Å². The number of benzene rings is 1. The molecule has 1 aliphatic carbocycles. The van der Waals surface area contributed by atoms with Crippen LogP contribution in [0.3, 0.4) is 0 Å². The fraction of sp³-hybridized carbons (Fsp3) is 0.714. The number of hydrogen-bond acceptors (Lipinski definition) is 2. The van der Waals surface area contributed by atoms with E-state index in [-0.39, 0.29) is 0 Å². The Hall–Kier alpha value is -1.02. The van der Waals surface area contributed by atoms with Crippen molar-refractivity contribution in [3.8, 4) is 5.75 Å². The summed E-state index contributed by atoms with van der Waals surface area (Å²) in [5, 5.41) is 0. The second-order valence-corrected chi connectivity index (χ2v) is 7.55. The van der Waals surface area contributed by atoms with Crippen LogP contribution in [0.25, 0.3) is 0 Å². The van der Waals surface area contributed by atoms with Gasteiger partial charge < -0.3 is 4.74 Å². The maximum atomic E-state index is 6.19. The number of rotatable bonds is 6. The average Bonchev–Trinajstić information content (AvgIpc) is 2.59. The molecule has 2 heteroatoms. The molecule has 1 aliphatic heterocycles. The van der Waals surface area contributed by atoms with Crippen LogP contribution in [0.1, 0.15) is 63.9 Å². The van der Waals surface area contributed by atoms with Crippen LogP contribution in [0.5, 0.6) is 5.75 Å². The van der Waals surface area contributed by atoms with Gasteiger partial charge in [0.15, 0.2) is 0 Å². The molecule has 0 bridgehead atoms. The monoisotopic (exact) mass is 315 g/mol. The molecule has 128 valence electrons. The highest BCUT2D eigenvalue weighted by Crippen LogP contribution is 2.30. The van der Waals surface area contributed by atoms with Crippen LogP contribution >= 0.6 is 0 Å². The van der Waals surface area contributed by atoms with E-state index in [0.717, 1.165) is 30.9 Å². The first kappa shape index (κ1) is 16.8. The smallest absolute Gasteiger partial charge is 0.122 e. The predicted molar refractivity (Wildman–Crippen MR) is 97.1 cm³/mol. The Morgan fingerprint density at radius 1 is 1.00 bits per heavy atom. The Balaban J connectivity index is 1.50. The molecule has 23 heavy (non-hydrogen) atoms. The van der Waals surface area contributed by atoms with E-state index < -0.39 is 0 Å². The Kier molecular flexibility index (Phi) is 6.38. The highest BCUT2D eigenvalue weighted by Gasteiger charge is 2.18. The lowest BCUT2D eigenvalue weighted by Gasteiger charge is -2.33. The predicted octanol–water partition coefficient (Wildman–Crippen LogP) is 5.06. The molecule has 2 fully saturated rings. The van der Waals surface area contributed by atoms with Crippen molar-refractivity contribution in [2.24, 2.45) is 5.92 Å². The minimum Gasteiger partial charge on any atom is -0.492 e. The van der Waals surface area contributed by atoms with Crippen molar-refractivity contribution in [1.82, 2.24) is 4.90 Å². The SMILES string of the molecule is CC1CCCCN1CCOc1ccccc1CC1CCCCC1. The van der Waals surface area contributed by atoms with Gasteiger partial charge in [-0.2, -0.15) is 0 Å². The lowest BCUT2D eigenvalue weighted by atomic mass is 9.85. The van der Waals surface area contributed by atoms with E-state index in [1.807, 2.05) is 0 Å². The Bertz CT molecular complexity index is 467. The molecule has 2 aliphatic rings. The Morgan fingerprint density at radius 2 is 1.78 bits per heavy atom. The summed E-state index contributed by atoms with van der Waals surface area (Å²) in [7, 11) is 0. The second kappa shape index (κ2) is 8.73. The maximum Gasteiger partial charge on any atom is 0.122 e. The van der Waals surface area contributed by atoms with Gasteiger partial charge in [0.2, 0.25) is 0 Å². The molecule has 1 unspecified atom stereocenters. The number of nitrogens with zero attached hydrogens (tertiary/aromatic N) is 1. The van der Waals surface area contributed by atoms with Gasteiger partial charge in [0, 0.05) is 12.6 Å².